The minimum Gasteiger partial charge on any atom is -0.396 e. The first-order chi connectivity index (χ1) is 9.13. The summed E-state index contributed by atoms with van der Waals surface area (Å²) < 4.78 is 0. The molecule has 0 bridgehead atoms. The van der Waals surface area contributed by atoms with Crippen LogP contribution in [0.15, 0.2) is 4.99 Å². The third-order valence-electron chi connectivity index (χ3n) is 3.02. The fourth-order valence-corrected chi connectivity index (χ4v) is 2.08. The molecule has 0 aromatic rings. The predicted molar refractivity (Wildman–Crippen MR) is 83.5 cm³/mol. The highest BCUT2D eigenvalue weighted by Crippen LogP contribution is 2.15. The van der Waals surface area contributed by atoms with Crippen molar-refractivity contribution in [2.24, 2.45) is 16.8 Å². The van der Waals surface area contributed by atoms with Crippen LogP contribution >= 0.6 is 0 Å². The van der Waals surface area contributed by atoms with Crippen molar-refractivity contribution in [1.29, 1.82) is 0 Å². The van der Waals surface area contributed by atoms with Crippen molar-refractivity contribution in [3.63, 3.8) is 0 Å². The Morgan fingerprint density at radius 3 is 2.47 bits per heavy atom. The number of nitrogens with one attached hydrogen (secondary N) is 2. The van der Waals surface area contributed by atoms with Gasteiger partial charge in [0.1, 0.15) is 0 Å². The molecule has 4 nitrogen and oxygen atoms in total. The molecular formula is C15H33N3O. The molecule has 19 heavy (non-hydrogen) atoms. The number of hydrogen-bond acceptors (Lipinski definition) is 2. The lowest BCUT2D eigenvalue weighted by atomic mass is 9.94. The summed E-state index contributed by atoms with van der Waals surface area (Å²) in [6.45, 7) is 11.6. The van der Waals surface area contributed by atoms with Gasteiger partial charge >= 0.3 is 0 Å². The summed E-state index contributed by atoms with van der Waals surface area (Å²) >= 11 is 0. The Hall–Kier alpha value is -0.770. The van der Waals surface area contributed by atoms with Gasteiger partial charge in [0.2, 0.25) is 0 Å². The molecule has 0 saturated heterocycles. The van der Waals surface area contributed by atoms with E-state index in [-0.39, 0.29) is 6.61 Å². The Labute approximate surface area is 119 Å². The van der Waals surface area contributed by atoms with E-state index < -0.39 is 0 Å². The standard InChI is InChI=1S/C15H33N3O/c1-5-7-9-17-15(16-6-2)18-12-14(8-10-19)11-13(3)4/h13-14,19H,5-12H2,1-4H3,(H2,16,17,18). The molecule has 3 N–H and O–H groups in total. The fourth-order valence-electron chi connectivity index (χ4n) is 2.08. The normalized spacial score (nSPS) is 13.7. The van der Waals surface area contributed by atoms with Crippen molar-refractivity contribution in [3.05, 3.63) is 0 Å². The SMILES string of the molecule is CCCCNC(=NCC(CCO)CC(C)C)NCC. The maximum Gasteiger partial charge on any atom is 0.191 e. The van der Waals surface area contributed by atoms with Crippen LogP contribution < -0.4 is 10.6 Å². The predicted octanol–water partition coefficient (Wildman–Crippen LogP) is 2.39. The van der Waals surface area contributed by atoms with Crippen LogP contribution in [-0.2, 0) is 0 Å². The zero-order valence-corrected chi connectivity index (χ0v) is 13.2. The number of hydrogen-bond donors (Lipinski definition) is 3. The number of guanidine groups is 1. The Morgan fingerprint density at radius 1 is 1.21 bits per heavy atom. The molecule has 0 amide bonds. The molecule has 0 aliphatic carbocycles. The van der Waals surface area contributed by atoms with Crippen LogP contribution in [-0.4, -0.2) is 37.3 Å². The first-order valence-electron chi connectivity index (χ1n) is 7.77. The number of aliphatic hydroxyl groups excluding tert-OH is 1. The second-order valence-corrected chi connectivity index (χ2v) is 5.51. The zero-order chi connectivity index (χ0) is 14.5. The van der Waals surface area contributed by atoms with Gasteiger partial charge in [0.15, 0.2) is 5.96 Å². The summed E-state index contributed by atoms with van der Waals surface area (Å²) in [5.41, 5.74) is 0. The summed E-state index contributed by atoms with van der Waals surface area (Å²) in [5, 5.41) is 15.7. The Kier molecular flexibility index (Phi) is 11.8. The summed E-state index contributed by atoms with van der Waals surface area (Å²) in [6.07, 6.45) is 4.32. The number of unbranched alkanes of at least 4 members (excludes halogenated alkanes) is 1. The molecule has 1 unspecified atom stereocenters. The van der Waals surface area contributed by atoms with E-state index in [2.05, 4.69) is 43.3 Å². The molecule has 0 aromatic carbocycles. The first-order valence-corrected chi connectivity index (χ1v) is 7.77. The van der Waals surface area contributed by atoms with Crippen LogP contribution in [0.3, 0.4) is 0 Å². The summed E-state index contributed by atoms with van der Waals surface area (Å²) in [5.74, 6) is 2.04. The quantitative estimate of drug-likeness (QED) is 0.325. The molecule has 0 radical (unpaired) electrons. The second-order valence-electron chi connectivity index (χ2n) is 5.51. The van der Waals surface area contributed by atoms with Crippen LogP contribution in [0.25, 0.3) is 0 Å². The second kappa shape index (κ2) is 12.3. The molecule has 1 atom stereocenters. The Balaban J connectivity index is 4.27. The molecule has 0 aliphatic rings. The first kappa shape index (κ1) is 18.2. The van der Waals surface area contributed by atoms with Crippen LogP contribution in [0.5, 0.6) is 0 Å². The summed E-state index contributed by atoms with van der Waals surface area (Å²) in [7, 11) is 0. The van der Waals surface area contributed by atoms with Gasteiger partial charge in [0, 0.05) is 26.2 Å². The van der Waals surface area contributed by atoms with E-state index in [4.69, 9.17) is 5.11 Å². The van der Waals surface area contributed by atoms with Crippen molar-refractivity contribution < 1.29 is 5.11 Å². The van der Waals surface area contributed by atoms with Gasteiger partial charge in [-0.15, -0.1) is 0 Å². The highest BCUT2D eigenvalue weighted by Gasteiger charge is 2.10. The van der Waals surface area contributed by atoms with Gasteiger partial charge in [-0.05, 0) is 38.0 Å². The van der Waals surface area contributed by atoms with Gasteiger partial charge < -0.3 is 15.7 Å². The van der Waals surface area contributed by atoms with E-state index in [1.807, 2.05) is 0 Å². The number of rotatable bonds is 10. The maximum absolute atomic E-state index is 9.11. The molecule has 0 fully saturated rings. The van der Waals surface area contributed by atoms with E-state index in [0.717, 1.165) is 44.9 Å². The topological polar surface area (TPSA) is 56.7 Å². The van der Waals surface area contributed by atoms with Crippen LogP contribution in [0.2, 0.25) is 0 Å². The van der Waals surface area contributed by atoms with Crippen molar-refractivity contribution >= 4 is 5.96 Å². The van der Waals surface area contributed by atoms with Crippen LogP contribution in [0.4, 0.5) is 0 Å². The van der Waals surface area contributed by atoms with E-state index in [1.54, 1.807) is 0 Å². The molecule has 0 aromatic heterocycles. The average molecular weight is 271 g/mol. The lowest BCUT2D eigenvalue weighted by molar-refractivity contribution is 0.245. The molecule has 4 heteroatoms. The highest BCUT2D eigenvalue weighted by molar-refractivity contribution is 5.79. The lowest BCUT2D eigenvalue weighted by Crippen LogP contribution is -2.38. The van der Waals surface area contributed by atoms with Crippen LogP contribution in [0.1, 0.15) is 53.4 Å². The molecular weight excluding hydrogens is 238 g/mol. The summed E-state index contributed by atoms with van der Waals surface area (Å²) in [6, 6.07) is 0. The highest BCUT2D eigenvalue weighted by atomic mass is 16.3. The van der Waals surface area contributed by atoms with Gasteiger partial charge in [-0.2, -0.15) is 0 Å². The van der Waals surface area contributed by atoms with Gasteiger partial charge in [-0.25, -0.2) is 0 Å². The molecule has 0 spiro atoms. The molecule has 114 valence electrons. The third kappa shape index (κ3) is 10.8. The van der Waals surface area contributed by atoms with E-state index >= 15 is 0 Å². The Bertz CT molecular complexity index is 229. The number of aliphatic hydroxyl groups is 1. The maximum atomic E-state index is 9.11. The largest absolute Gasteiger partial charge is 0.396 e. The number of aliphatic imine (C=N–C) groups is 1. The van der Waals surface area contributed by atoms with E-state index in [1.165, 1.54) is 6.42 Å². The average Bonchev–Trinajstić information content (AvgIpc) is 2.35. The van der Waals surface area contributed by atoms with Gasteiger partial charge in [0.05, 0.1) is 0 Å². The van der Waals surface area contributed by atoms with E-state index in [9.17, 15) is 0 Å². The Morgan fingerprint density at radius 2 is 1.95 bits per heavy atom. The minimum atomic E-state index is 0.257. The van der Waals surface area contributed by atoms with Crippen molar-refractivity contribution in [1.82, 2.24) is 10.6 Å². The monoisotopic (exact) mass is 271 g/mol. The number of nitrogens with zero attached hydrogens (tertiary/aromatic N) is 1. The van der Waals surface area contributed by atoms with Gasteiger partial charge in [0.25, 0.3) is 0 Å². The van der Waals surface area contributed by atoms with E-state index in [0.29, 0.717) is 11.8 Å². The smallest absolute Gasteiger partial charge is 0.191 e. The molecule has 0 aliphatic heterocycles. The van der Waals surface area contributed by atoms with Crippen molar-refractivity contribution in [2.45, 2.75) is 53.4 Å². The molecule has 0 saturated carbocycles. The lowest BCUT2D eigenvalue weighted by Gasteiger charge is -2.17. The fraction of sp³-hybridized carbons (Fsp3) is 0.933. The van der Waals surface area contributed by atoms with Crippen LogP contribution in [0, 0.1) is 11.8 Å². The third-order valence-corrected chi connectivity index (χ3v) is 3.02. The zero-order valence-electron chi connectivity index (χ0n) is 13.2. The minimum absolute atomic E-state index is 0.257. The summed E-state index contributed by atoms with van der Waals surface area (Å²) in [4.78, 5) is 4.64. The van der Waals surface area contributed by atoms with Gasteiger partial charge in [-0.3, -0.25) is 4.99 Å². The van der Waals surface area contributed by atoms with Crippen molar-refractivity contribution in [2.75, 3.05) is 26.2 Å². The molecule has 0 heterocycles. The molecule has 0 rings (SSSR count). The van der Waals surface area contributed by atoms with Gasteiger partial charge in [-0.1, -0.05) is 27.2 Å². The van der Waals surface area contributed by atoms with Crippen molar-refractivity contribution in [3.8, 4) is 0 Å².